The second kappa shape index (κ2) is 7.70. The normalized spacial score (nSPS) is 10.1. The van der Waals surface area contributed by atoms with Gasteiger partial charge >= 0.3 is 0 Å². The molecule has 0 amide bonds. The summed E-state index contributed by atoms with van der Waals surface area (Å²) in [6, 6.07) is 12.3. The first-order valence-electron chi connectivity index (χ1n) is 7.12. The van der Waals surface area contributed by atoms with E-state index in [1.165, 1.54) is 5.56 Å². The minimum absolute atomic E-state index is 0.638. The van der Waals surface area contributed by atoms with E-state index in [2.05, 4.69) is 36.3 Å². The van der Waals surface area contributed by atoms with Gasteiger partial charge in [0, 0.05) is 11.1 Å². The molecule has 1 heterocycles. The molecule has 2 rings (SSSR count). The number of hydrogen-bond acceptors (Lipinski definition) is 4. The van der Waals surface area contributed by atoms with Crippen LogP contribution in [-0.4, -0.2) is 10.7 Å². The zero-order valence-corrected chi connectivity index (χ0v) is 13.2. The number of hydrogen-bond donors (Lipinski definition) is 1. The molecule has 0 saturated carbocycles. The standard InChI is InChI=1S/C17H19N3S/c1-3-13-7-6-10-19-16(13)12-20-15-8-5-9-17(21-4-2)14(15)11-18/h5-10,20H,3-4,12H2,1-2H3. The van der Waals surface area contributed by atoms with E-state index in [-0.39, 0.29) is 0 Å². The first-order valence-corrected chi connectivity index (χ1v) is 8.11. The number of thioether (sulfide) groups is 1. The number of nitrogens with zero attached hydrogens (tertiary/aromatic N) is 2. The van der Waals surface area contributed by atoms with Crippen molar-refractivity contribution in [2.45, 2.75) is 31.7 Å². The Bertz CT molecular complexity index is 647. The predicted octanol–water partition coefficient (Wildman–Crippen LogP) is 4.24. The van der Waals surface area contributed by atoms with Gasteiger partial charge in [0.25, 0.3) is 0 Å². The third kappa shape index (κ3) is 3.77. The van der Waals surface area contributed by atoms with E-state index in [0.29, 0.717) is 6.54 Å². The van der Waals surface area contributed by atoms with Crippen LogP contribution < -0.4 is 5.32 Å². The summed E-state index contributed by atoms with van der Waals surface area (Å²) < 4.78 is 0. The summed E-state index contributed by atoms with van der Waals surface area (Å²) in [5, 5.41) is 12.8. The zero-order valence-electron chi connectivity index (χ0n) is 12.4. The maximum atomic E-state index is 9.40. The van der Waals surface area contributed by atoms with Crippen molar-refractivity contribution in [2.75, 3.05) is 11.1 Å². The highest BCUT2D eigenvalue weighted by Gasteiger charge is 2.09. The maximum absolute atomic E-state index is 9.40. The van der Waals surface area contributed by atoms with E-state index >= 15 is 0 Å². The predicted molar refractivity (Wildman–Crippen MR) is 88.5 cm³/mol. The van der Waals surface area contributed by atoms with Crippen LogP contribution in [-0.2, 0) is 13.0 Å². The molecule has 21 heavy (non-hydrogen) atoms. The van der Waals surface area contributed by atoms with E-state index in [4.69, 9.17) is 0 Å². The van der Waals surface area contributed by atoms with Gasteiger partial charge in [-0.15, -0.1) is 11.8 Å². The molecule has 1 aromatic carbocycles. The van der Waals surface area contributed by atoms with E-state index < -0.39 is 0 Å². The Morgan fingerprint density at radius 3 is 2.81 bits per heavy atom. The molecule has 2 aromatic rings. The number of benzene rings is 1. The summed E-state index contributed by atoms with van der Waals surface area (Å²) >= 11 is 1.69. The van der Waals surface area contributed by atoms with Crippen molar-refractivity contribution in [3.8, 4) is 6.07 Å². The fourth-order valence-electron chi connectivity index (χ4n) is 2.20. The van der Waals surface area contributed by atoms with Crippen molar-refractivity contribution in [1.29, 1.82) is 5.26 Å². The van der Waals surface area contributed by atoms with Gasteiger partial charge in [0.05, 0.1) is 23.5 Å². The van der Waals surface area contributed by atoms with Crippen LogP contribution in [0.15, 0.2) is 41.4 Å². The maximum Gasteiger partial charge on any atom is 0.102 e. The van der Waals surface area contributed by atoms with Crippen molar-refractivity contribution in [1.82, 2.24) is 4.98 Å². The quantitative estimate of drug-likeness (QED) is 0.810. The Hall–Kier alpha value is -1.99. The van der Waals surface area contributed by atoms with Crippen LogP contribution in [0.1, 0.15) is 30.7 Å². The van der Waals surface area contributed by atoms with Crippen LogP contribution in [0.4, 0.5) is 5.69 Å². The molecule has 0 atom stereocenters. The van der Waals surface area contributed by atoms with Crippen molar-refractivity contribution in [3.05, 3.63) is 53.3 Å². The van der Waals surface area contributed by atoms with Gasteiger partial charge in [-0.1, -0.05) is 26.0 Å². The first-order chi connectivity index (χ1) is 10.3. The third-order valence-electron chi connectivity index (χ3n) is 3.25. The van der Waals surface area contributed by atoms with Gasteiger partial charge < -0.3 is 5.32 Å². The molecule has 0 radical (unpaired) electrons. The Kier molecular flexibility index (Phi) is 5.65. The highest BCUT2D eigenvalue weighted by atomic mass is 32.2. The Balaban J connectivity index is 2.20. The summed E-state index contributed by atoms with van der Waals surface area (Å²) in [6.45, 7) is 4.85. The van der Waals surface area contributed by atoms with Crippen LogP contribution in [0.5, 0.6) is 0 Å². The van der Waals surface area contributed by atoms with Crippen LogP contribution in [0, 0.1) is 11.3 Å². The van der Waals surface area contributed by atoms with Crippen molar-refractivity contribution in [2.24, 2.45) is 0 Å². The monoisotopic (exact) mass is 297 g/mol. The fourth-order valence-corrected chi connectivity index (χ4v) is 2.99. The number of nitriles is 1. The van der Waals surface area contributed by atoms with Crippen molar-refractivity contribution >= 4 is 17.4 Å². The number of aromatic nitrogens is 1. The number of anilines is 1. The smallest absolute Gasteiger partial charge is 0.102 e. The molecule has 3 nitrogen and oxygen atoms in total. The molecule has 1 aromatic heterocycles. The summed E-state index contributed by atoms with van der Waals surface area (Å²) in [5.41, 5.74) is 3.88. The number of rotatable bonds is 6. The van der Waals surface area contributed by atoms with Crippen LogP contribution in [0.3, 0.4) is 0 Å². The average molecular weight is 297 g/mol. The molecule has 108 valence electrons. The van der Waals surface area contributed by atoms with Gasteiger partial charge in [-0.2, -0.15) is 5.26 Å². The van der Waals surface area contributed by atoms with Crippen LogP contribution in [0.25, 0.3) is 0 Å². The minimum Gasteiger partial charge on any atom is -0.378 e. The lowest BCUT2D eigenvalue weighted by molar-refractivity contribution is 0.970. The minimum atomic E-state index is 0.638. The Morgan fingerprint density at radius 1 is 1.24 bits per heavy atom. The van der Waals surface area contributed by atoms with Gasteiger partial charge in [0.1, 0.15) is 6.07 Å². The second-order valence-corrected chi connectivity index (χ2v) is 5.85. The van der Waals surface area contributed by atoms with E-state index in [1.54, 1.807) is 11.8 Å². The highest BCUT2D eigenvalue weighted by Crippen LogP contribution is 2.28. The molecular formula is C17H19N3S. The second-order valence-electron chi connectivity index (χ2n) is 4.54. The summed E-state index contributed by atoms with van der Waals surface area (Å²) in [5.74, 6) is 0.957. The summed E-state index contributed by atoms with van der Waals surface area (Å²) in [4.78, 5) is 5.46. The average Bonchev–Trinajstić information content (AvgIpc) is 2.53. The molecule has 0 fully saturated rings. The lowest BCUT2D eigenvalue weighted by atomic mass is 10.1. The zero-order chi connectivity index (χ0) is 15.1. The molecule has 0 saturated heterocycles. The topological polar surface area (TPSA) is 48.7 Å². The molecule has 0 unspecified atom stereocenters. The lowest BCUT2D eigenvalue weighted by Gasteiger charge is -2.12. The highest BCUT2D eigenvalue weighted by molar-refractivity contribution is 7.99. The lowest BCUT2D eigenvalue weighted by Crippen LogP contribution is -2.06. The molecule has 0 aliphatic rings. The molecule has 0 aliphatic heterocycles. The number of pyridine rings is 1. The van der Waals surface area contributed by atoms with Crippen molar-refractivity contribution < 1.29 is 0 Å². The van der Waals surface area contributed by atoms with Crippen LogP contribution in [0.2, 0.25) is 0 Å². The molecule has 0 spiro atoms. The van der Waals surface area contributed by atoms with E-state index in [9.17, 15) is 5.26 Å². The van der Waals surface area contributed by atoms with Gasteiger partial charge in [0.2, 0.25) is 0 Å². The number of aryl methyl sites for hydroxylation is 1. The molecule has 0 aliphatic carbocycles. The molecule has 1 N–H and O–H groups in total. The van der Waals surface area contributed by atoms with Crippen molar-refractivity contribution in [3.63, 3.8) is 0 Å². The third-order valence-corrected chi connectivity index (χ3v) is 4.19. The van der Waals surface area contributed by atoms with Gasteiger partial charge in [-0.05, 0) is 35.9 Å². The van der Waals surface area contributed by atoms with E-state index in [0.717, 1.165) is 34.0 Å². The summed E-state index contributed by atoms with van der Waals surface area (Å²) in [7, 11) is 0. The van der Waals surface area contributed by atoms with Gasteiger partial charge in [-0.3, -0.25) is 4.98 Å². The molecular weight excluding hydrogens is 278 g/mol. The van der Waals surface area contributed by atoms with E-state index in [1.807, 2.05) is 30.5 Å². The van der Waals surface area contributed by atoms with Crippen LogP contribution >= 0.6 is 11.8 Å². The number of nitrogens with one attached hydrogen (secondary N) is 1. The van der Waals surface area contributed by atoms with Gasteiger partial charge in [0.15, 0.2) is 0 Å². The first kappa shape index (κ1) is 15.4. The summed E-state index contributed by atoms with van der Waals surface area (Å²) in [6.07, 6.45) is 2.77. The molecule has 4 heteroatoms. The Labute approximate surface area is 130 Å². The Morgan fingerprint density at radius 2 is 2.10 bits per heavy atom. The molecule has 0 bridgehead atoms. The largest absolute Gasteiger partial charge is 0.378 e. The fraction of sp³-hybridized carbons (Fsp3) is 0.294. The SMILES string of the molecule is CCSc1cccc(NCc2ncccc2CC)c1C#N. The van der Waals surface area contributed by atoms with Gasteiger partial charge in [-0.25, -0.2) is 0 Å².